The molecule has 1 aromatic carbocycles. The van der Waals surface area contributed by atoms with Crippen molar-refractivity contribution >= 4 is 38.6 Å². The third-order valence-electron chi connectivity index (χ3n) is 4.95. The quantitative estimate of drug-likeness (QED) is 0.755. The predicted molar refractivity (Wildman–Crippen MR) is 105 cm³/mol. The van der Waals surface area contributed by atoms with E-state index in [1.165, 1.54) is 18.9 Å². The minimum atomic E-state index is -1.59. The normalized spacial score (nSPS) is 19.6. The first-order chi connectivity index (χ1) is 13.2. The zero-order valence-electron chi connectivity index (χ0n) is 14.5. The molecule has 1 fully saturated rings. The third-order valence-corrected chi connectivity index (χ3v) is 6.01. The molecule has 1 amide bonds. The fourth-order valence-corrected chi connectivity index (χ4v) is 4.50. The van der Waals surface area contributed by atoms with Crippen LogP contribution in [0.2, 0.25) is 0 Å². The van der Waals surface area contributed by atoms with E-state index in [-0.39, 0.29) is 5.91 Å². The molecule has 1 N–H and O–H groups in total. The smallest absolute Gasteiger partial charge is 0.258 e. The van der Waals surface area contributed by atoms with Crippen molar-refractivity contribution in [1.82, 2.24) is 19.5 Å². The second-order valence-electron chi connectivity index (χ2n) is 6.61. The summed E-state index contributed by atoms with van der Waals surface area (Å²) >= 11 is 0. The van der Waals surface area contributed by atoms with Crippen molar-refractivity contribution in [3.63, 3.8) is 0 Å². The molecule has 2 aliphatic rings. The monoisotopic (exact) mass is 379 g/mol. The topological polar surface area (TPSA) is 80.1 Å². The summed E-state index contributed by atoms with van der Waals surface area (Å²) in [6, 6.07) is 9.98. The van der Waals surface area contributed by atoms with Gasteiger partial charge in [0, 0.05) is 36.3 Å². The van der Waals surface area contributed by atoms with Gasteiger partial charge < -0.3 is 4.90 Å². The average Bonchev–Trinajstić information content (AvgIpc) is 3.41. The van der Waals surface area contributed by atoms with Crippen LogP contribution in [-0.4, -0.2) is 38.0 Å². The van der Waals surface area contributed by atoms with Crippen LogP contribution in [0.4, 0.5) is 5.82 Å². The van der Waals surface area contributed by atoms with Gasteiger partial charge in [0.2, 0.25) is 0 Å². The summed E-state index contributed by atoms with van der Waals surface area (Å²) in [4.78, 5) is 18.4. The second-order valence-corrected chi connectivity index (χ2v) is 7.77. The van der Waals surface area contributed by atoms with Crippen LogP contribution in [0.15, 0.2) is 48.8 Å². The Bertz CT molecular complexity index is 1100. The van der Waals surface area contributed by atoms with E-state index in [1.807, 2.05) is 24.4 Å². The highest BCUT2D eigenvalue weighted by molar-refractivity contribution is 7.93. The molecule has 0 bridgehead atoms. The summed E-state index contributed by atoms with van der Waals surface area (Å²) in [5, 5.41) is 5.63. The molecule has 1 atom stereocenters. The predicted octanol–water partition coefficient (Wildman–Crippen LogP) is 2.29. The van der Waals surface area contributed by atoms with Gasteiger partial charge in [0.15, 0.2) is 16.0 Å². The Morgan fingerprint density at radius 2 is 1.93 bits per heavy atom. The molecule has 2 aliphatic heterocycles. The first kappa shape index (κ1) is 16.2. The van der Waals surface area contributed by atoms with E-state index in [4.69, 9.17) is 0 Å². The van der Waals surface area contributed by atoms with Crippen LogP contribution in [0, 0.1) is 0 Å². The fraction of sp³-hybridized carbons (Fsp3) is 0.211. The van der Waals surface area contributed by atoms with E-state index in [9.17, 15) is 9.00 Å². The van der Waals surface area contributed by atoms with Gasteiger partial charge in [-0.15, -0.1) is 0 Å². The highest BCUT2D eigenvalue weighted by Crippen LogP contribution is 2.31. The molecule has 3 aromatic rings. The maximum absolute atomic E-state index is 12.1. The van der Waals surface area contributed by atoms with Crippen LogP contribution in [0.1, 0.15) is 12.8 Å². The molecule has 0 radical (unpaired) electrons. The molecule has 8 heteroatoms. The SMILES string of the molecule is O=C1C=C(n2ncc3c(-c4ccc(N5CCCC5)nc4)cccc32)S(=O)N1. The second kappa shape index (κ2) is 6.31. The van der Waals surface area contributed by atoms with Crippen LogP contribution in [-0.2, 0) is 15.8 Å². The largest absolute Gasteiger partial charge is 0.357 e. The molecule has 0 aliphatic carbocycles. The van der Waals surface area contributed by atoms with Crippen molar-refractivity contribution in [3.8, 4) is 11.1 Å². The van der Waals surface area contributed by atoms with Crippen LogP contribution in [0.3, 0.4) is 0 Å². The minimum absolute atomic E-state index is 0.342. The molecule has 0 spiro atoms. The lowest BCUT2D eigenvalue weighted by molar-refractivity contribution is -0.114. The first-order valence-electron chi connectivity index (χ1n) is 8.83. The van der Waals surface area contributed by atoms with Crippen molar-refractivity contribution in [2.24, 2.45) is 0 Å². The number of anilines is 1. The molecule has 27 heavy (non-hydrogen) atoms. The Hall–Kier alpha value is -3.00. The first-order valence-corrected chi connectivity index (χ1v) is 9.98. The van der Waals surface area contributed by atoms with E-state index in [0.29, 0.717) is 5.03 Å². The molecule has 136 valence electrons. The molecular formula is C19H17N5O2S. The van der Waals surface area contributed by atoms with Crippen LogP contribution in [0.5, 0.6) is 0 Å². The van der Waals surface area contributed by atoms with Gasteiger partial charge >= 0.3 is 0 Å². The number of rotatable bonds is 3. The summed E-state index contributed by atoms with van der Waals surface area (Å²) in [6.07, 6.45) is 7.38. The Labute approximate surface area is 158 Å². The number of carbonyl (C=O) groups is 1. The summed E-state index contributed by atoms with van der Waals surface area (Å²) < 4.78 is 16.0. The maximum Gasteiger partial charge on any atom is 0.258 e. The van der Waals surface area contributed by atoms with Crippen LogP contribution in [0.25, 0.3) is 27.1 Å². The van der Waals surface area contributed by atoms with Crippen LogP contribution >= 0.6 is 0 Å². The van der Waals surface area contributed by atoms with Gasteiger partial charge in [-0.2, -0.15) is 5.10 Å². The average molecular weight is 379 g/mol. The lowest BCUT2D eigenvalue weighted by atomic mass is 10.0. The summed E-state index contributed by atoms with van der Waals surface area (Å²) in [5.74, 6) is 0.639. The summed E-state index contributed by atoms with van der Waals surface area (Å²) in [5.41, 5.74) is 2.80. The van der Waals surface area contributed by atoms with Crippen molar-refractivity contribution in [2.45, 2.75) is 12.8 Å². The molecule has 7 nitrogen and oxygen atoms in total. The minimum Gasteiger partial charge on any atom is -0.357 e. The third kappa shape index (κ3) is 2.73. The Morgan fingerprint density at radius 1 is 1.07 bits per heavy atom. The van der Waals surface area contributed by atoms with Gasteiger partial charge in [-0.25, -0.2) is 13.9 Å². The molecule has 5 rings (SSSR count). The van der Waals surface area contributed by atoms with Gasteiger partial charge in [-0.05, 0) is 36.6 Å². The Kier molecular flexibility index (Phi) is 3.78. The van der Waals surface area contributed by atoms with Gasteiger partial charge in [0.05, 0.1) is 11.7 Å². The zero-order chi connectivity index (χ0) is 18.4. The molecule has 1 saturated heterocycles. The van der Waals surface area contributed by atoms with Crippen molar-refractivity contribution < 1.29 is 9.00 Å². The molecule has 4 heterocycles. The highest BCUT2D eigenvalue weighted by atomic mass is 32.2. The molecular weight excluding hydrogens is 362 g/mol. The van der Waals surface area contributed by atoms with Gasteiger partial charge in [0.25, 0.3) is 5.91 Å². The number of nitrogens with one attached hydrogen (secondary N) is 1. The standard InChI is InChI=1S/C19H17N5O2S/c25-18-10-19(27(26)22-18)24-16-5-3-4-14(15(16)12-21-24)13-6-7-17(20-11-13)23-8-1-2-9-23/h3-7,10-12H,1-2,8-9H2,(H,22,25). The van der Waals surface area contributed by atoms with Crippen molar-refractivity contribution in [3.05, 3.63) is 48.8 Å². The lowest BCUT2D eigenvalue weighted by Gasteiger charge is -2.16. The fourth-order valence-electron chi connectivity index (χ4n) is 3.64. The number of carbonyl (C=O) groups excluding carboxylic acids is 1. The molecule has 2 aromatic heterocycles. The van der Waals surface area contributed by atoms with E-state index in [0.717, 1.165) is 40.9 Å². The zero-order valence-corrected chi connectivity index (χ0v) is 15.3. The maximum atomic E-state index is 12.1. The number of amides is 1. The number of fused-ring (bicyclic) bond motifs is 1. The number of hydrogen-bond donors (Lipinski definition) is 1. The van der Waals surface area contributed by atoms with E-state index in [2.05, 4.69) is 31.8 Å². The number of nitrogens with zero attached hydrogens (tertiary/aromatic N) is 4. The highest BCUT2D eigenvalue weighted by Gasteiger charge is 2.23. The number of hydrogen-bond acceptors (Lipinski definition) is 5. The summed E-state index contributed by atoms with van der Waals surface area (Å²) in [6.45, 7) is 2.13. The van der Waals surface area contributed by atoms with Crippen molar-refractivity contribution in [1.29, 1.82) is 0 Å². The van der Waals surface area contributed by atoms with Gasteiger partial charge in [0.1, 0.15) is 5.82 Å². The van der Waals surface area contributed by atoms with Crippen molar-refractivity contribution in [2.75, 3.05) is 18.0 Å². The number of benzene rings is 1. The molecule has 0 saturated carbocycles. The Morgan fingerprint density at radius 3 is 2.63 bits per heavy atom. The van der Waals surface area contributed by atoms with Gasteiger partial charge in [-0.1, -0.05) is 12.1 Å². The number of aromatic nitrogens is 3. The van der Waals surface area contributed by atoms with E-state index < -0.39 is 11.0 Å². The summed E-state index contributed by atoms with van der Waals surface area (Å²) in [7, 11) is -1.59. The van der Waals surface area contributed by atoms with E-state index >= 15 is 0 Å². The Balaban J connectivity index is 1.55. The molecule has 1 unspecified atom stereocenters. The van der Waals surface area contributed by atoms with E-state index in [1.54, 1.807) is 10.9 Å². The van der Waals surface area contributed by atoms with Crippen LogP contribution < -0.4 is 9.62 Å². The number of pyridine rings is 1. The lowest BCUT2D eigenvalue weighted by Crippen LogP contribution is -2.18. The van der Waals surface area contributed by atoms with Gasteiger partial charge in [-0.3, -0.25) is 9.52 Å².